The molecule has 1 aromatic rings. The molecular formula is C20H32N4O2S. The van der Waals surface area contributed by atoms with E-state index < -0.39 is 10.0 Å². The van der Waals surface area contributed by atoms with Crippen molar-refractivity contribution in [3.63, 3.8) is 0 Å². The van der Waals surface area contributed by atoms with Gasteiger partial charge in [-0.15, -0.1) is 0 Å². The Kier molecular flexibility index (Phi) is 6.42. The standard InChI is InChI=1S/C20H32N4O2S/c1-17-6-8-18(9-7-17)27(25,26)23-14-13-22-19(21-2)24-15-12-20(16-24)10-4-3-5-11-20/h6-9,23H,3-5,10-16H2,1-2H3,(H,21,22). The third kappa shape index (κ3) is 5.02. The van der Waals surface area contributed by atoms with Crippen LogP contribution in [0.1, 0.15) is 44.1 Å². The Morgan fingerprint density at radius 1 is 1.11 bits per heavy atom. The molecule has 0 aromatic heterocycles. The summed E-state index contributed by atoms with van der Waals surface area (Å²) in [6.45, 7) is 4.89. The second-order valence-electron chi connectivity index (χ2n) is 7.92. The number of hydrogen-bond donors (Lipinski definition) is 2. The maximum absolute atomic E-state index is 12.3. The Bertz CT molecular complexity index is 753. The van der Waals surface area contributed by atoms with Gasteiger partial charge in [0.25, 0.3) is 0 Å². The molecule has 2 fully saturated rings. The van der Waals surface area contributed by atoms with E-state index in [2.05, 4.69) is 19.9 Å². The van der Waals surface area contributed by atoms with Crippen molar-refractivity contribution in [3.8, 4) is 0 Å². The molecule has 0 radical (unpaired) electrons. The van der Waals surface area contributed by atoms with E-state index in [1.165, 1.54) is 38.5 Å². The molecule has 0 atom stereocenters. The number of aliphatic imine (C=N–C) groups is 1. The first-order valence-corrected chi connectivity index (χ1v) is 11.4. The van der Waals surface area contributed by atoms with Crippen molar-refractivity contribution in [2.75, 3.05) is 33.2 Å². The number of hydrogen-bond acceptors (Lipinski definition) is 3. The van der Waals surface area contributed by atoms with Gasteiger partial charge in [-0.05, 0) is 43.7 Å². The van der Waals surface area contributed by atoms with Crippen LogP contribution in [0.25, 0.3) is 0 Å². The first-order chi connectivity index (χ1) is 12.9. The lowest BCUT2D eigenvalue weighted by atomic mass is 9.73. The van der Waals surface area contributed by atoms with Crippen molar-refractivity contribution in [1.29, 1.82) is 0 Å². The molecule has 150 valence electrons. The Labute approximate surface area is 163 Å². The summed E-state index contributed by atoms with van der Waals surface area (Å²) in [5.41, 5.74) is 1.52. The van der Waals surface area contributed by atoms with Crippen molar-refractivity contribution in [3.05, 3.63) is 29.8 Å². The zero-order chi connectivity index (χ0) is 19.3. The van der Waals surface area contributed by atoms with Crippen LogP contribution in [-0.2, 0) is 10.0 Å². The zero-order valence-electron chi connectivity index (χ0n) is 16.5. The molecular weight excluding hydrogens is 360 g/mol. The average Bonchev–Trinajstić information content (AvgIpc) is 3.06. The van der Waals surface area contributed by atoms with Gasteiger partial charge in [-0.3, -0.25) is 4.99 Å². The molecule has 1 aliphatic carbocycles. The minimum atomic E-state index is -3.47. The van der Waals surface area contributed by atoms with E-state index in [1.54, 1.807) is 19.2 Å². The number of nitrogens with one attached hydrogen (secondary N) is 2. The van der Waals surface area contributed by atoms with Crippen LogP contribution in [0.5, 0.6) is 0 Å². The smallest absolute Gasteiger partial charge is 0.240 e. The fraction of sp³-hybridized carbons (Fsp3) is 0.650. The van der Waals surface area contributed by atoms with Crippen LogP contribution in [0.2, 0.25) is 0 Å². The van der Waals surface area contributed by atoms with Crippen LogP contribution < -0.4 is 10.0 Å². The van der Waals surface area contributed by atoms with Crippen molar-refractivity contribution in [2.24, 2.45) is 10.4 Å². The minimum absolute atomic E-state index is 0.302. The normalized spacial score (nSPS) is 20.2. The molecule has 1 spiro atoms. The summed E-state index contributed by atoms with van der Waals surface area (Å²) < 4.78 is 27.3. The van der Waals surface area contributed by atoms with Gasteiger partial charge in [0.1, 0.15) is 0 Å². The van der Waals surface area contributed by atoms with Crippen molar-refractivity contribution in [1.82, 2.24) is 14.9 Å². The van der Waals surface area contributed by atoms with E-state index in [9.17, 15) is 8.42 Å². The quantitative estimate of drug-likeness (QED) is 0.459. The van der Waals surface area contributed by atoms with E-state index in [0.29, 0.717) is 23.4 Å². The van der Waals surface area contributed by atoms with Gasteiger partial charge in [-0.1, -0.05) is 37.0 Å². The van der Waals surface area contributed by atoms with Crippen molar-refractivity contribution in [2.45, 2.75) is 50.3 Å². The number of likely N-dealkylation sites (tertiary alicyclic amines) is 1. The van der Waals surface area contributed by atoms with E-state index in [-0.39, 0.29) is 0 Å². The lowest BCUT2D eigenvalue weighted by molar-refractivity contribution is 0.203. The first kappa shape index (κ1) is 20.1. The minimum Gasteiger partial charge on any atom is -0.355 e. The number of rotatable bonds is 5. The summed E-state index contributed by atoms with van der Waals surface area (Å²) in [5.74, 6) is 0.881. The van der Waals surface area contributed by atoms with E-state index >= 15 is 0 Å². The molecule has 1 saturated heterocycles. The number of sulfonamides is 1. The van der Waals surface area contributed by atoms with Gasteiger partial charge in [0, 0.05) is 33.2 Å². The molecule has 1 aromatic carbocycles. The molecule has 7 heteroatoms. The molecule has 1 aliphatic heterocycles. The zero-order valence-corrected chi connectivity index (χ0v) is 17.3. The first-order valence-electron chi connectivity index (χ1n) is 9.96. The summed E-state index contributed by atoms with van der Waals surface area (Å²) in [6.07, 6.45) is 7.97. The van der Waals surface area contributed by atoms with Crippen LogP contribution in [-0.4, -0.2) is 52.5 Å². The highest BCUT2D eigenvalue weighted by atomic mass is 32.2. The number of guanidine groups is 1. The van der Waals surface area contributed by atoms with Crippen molar-refractivity contribution >= 4 is 16.0 Å². The van der Waals surface area contributed by atoms with Crippen LogP contribution in [0.3, 0.4) is 0 Å². The lowest BCUT2D eigenvalue weighted by Gasteiger charge is -2.33. The molecule has 6 nitrogen and oxygen atoms in total. The molecule has 1 heterocycles. The Morgan fingerprint density at radius 2 is 1.81 bits per heavy atom. The molecule has 27 heavy (non-hydrogen) atoms. The summed E-state index contributed by atoms with van der Waals surface area (Å²) in [6, 6.07) is 6.89. The number of aryl methyl sites for hydroxylation is 1. The van der Waals surface area contributed by atoms with Crippen LogP contribution in [0, 0.1) is 12.3 Å². The molecule has 0 amide bonds. The largest absolute Gasteiger partial charge is 0.355 e. The third-order valence-electron chi connectivity index (χ3n) is 5.90. The molecule has 1 saturated carbocycles. The monoisotopic (exact) mass is 392 g/mol. The predicted octanol–water partition coefficient (Wildman–Crippen LogP) is 2.50. The summed E-state index contributed by atoms with van der Waals surface area (Å²) in [5, 5.41) is 3.32. The van der Waals surface area contributed by atoms with E-state index in [0.717, 1.165) is 24.6 Å². The lowest BCUT2D eigenvalue weighted by Crippen LogP contribution is -2.44. The van der Waals surface area contributed by atoms with Gasteiger partial charge >= 0.3 is 0 Å². The Hall–Kier alpha value is -1.60. The van der Waals surface area contributed by atoms with Gasteiger partial charge < -0.3 is 10.2 Å². The second kappa shape index (κ2) is 8.61. The second-order valence-corrected chi connectivity index (χ2v) is 9.68. The molecule has 2 N–H and O–H groups in total. The molecule has 3 rings (SSSR count). The van der Waals surface area contributed by atoms with Crippen LogP contribution >= 0.6 is 0 Å². The highest BCUT2D eigenvalue weighted by Gasteiger charge is 2.39. The van der Waals surface area contributed by atoms with E-state index in [4.69, 9.17) is 0 Å². The Morgan fingerprint density at radius 3 is 2.48 bits per heavy atom. The van der Waals surface area contributed by atoms with Crippen LogP contribution in [0.4, 0.5) is 0 Å². The SMILES string of the molecule is CN=C(NCCNS(=O)(=O)c1ccc(C)cc1)N1CCC2(CCCCC2)C1. The maximum atomic E-state index is 12.3. The van der Waals surface area contributed by atoms with Crippen LogP contribution in [0.15, 0.2) is 34.2 Å². The fourth-order valence-corrected chi connectivity index (χ4v) is 5.35. The highest BCUT2D eigenvalue weighted by molar-refractivity contribution is 7.89. The number of nitrogens with zero attached hydrogens (tertiary/aromatic N) is 2. The van der Waals surface area contributed by atoms with Gasteiger partial charge in [-0.2, -0.15) is 0 Å². The molecule has 2 aliphatic rings. The summed E-state index contributed by atoms with van der Waals surface area (Å²) >= 11 is 0. The van der Waals surface area contributed by atoms with Gasteiger partial charge in [0.15, 0.2) is 5.96 Å². The Balaban J connectivity index is 1.47. The number of benzene rings is 1. The predicted molar refractivity (Wildman–Crippen MR) is 109 cm³/mol. The van der Waals surface area contributed by atoms with Gasteiger partial charge in [0.05, 0.1) is 4.90 Å². The average molecular weight is 393 g/mol. The molecule has 0 bridgehead atoms. The maximum Gasteiger partial charge on any atom is 0.240 e. The molecule has 0 unspecified atom stereocenters. The topological polar surface area (TPSA) is 73.8 Å². The van der Waals surface area contributed by atoms with Gasteiger partial charge in [-0.25, -0.2) is 13.1 Å². The fourth-order valence-electron chi connectivity index (χ4n) is 4.32. The summed E-state index contributed by atoms with van der Waals surface area (Å²) in [4.78, 5) is 7.04. The van der Waals surface area contributed by atoms with E-state index in [1.807, 2.05) is 19.1 Å². The summed E-state index contributed by atoms with van der Waals surface area (Å²) in [7, 11) is -1.67. The van der Waals surface area contributed by atoms with Gasteiger partial charge in [0.2, 0.25) is 10.0 Å². The van der Waals surface area contributed by atoms with Crippen molar-refractivity contribution < 1.29 is 8.42 Å². The third-order valence-corrected chi connectivity index (χ3v) is 7.37. The highest BCUT2D eigenvalue weighted by Crippen LogP contribution is 2.43.